The van der Waals surface area contributed by atoms with Gasteiger partial charge in [0.15, 0.2) is 12.5 Å². The van der Waals surface area contributed by atoms with Crippen molar-refractivity contribution in [3.8, 4) is 0 Å². The molecule has 3 unspecified atom stereocenters. The first-order chi connectivity index (χ1) is 14.4. The molecular weight excluding hydrogens is 386 g/mol. The molecule has 0 bridgehead atoms. The zero-order valence-electron chi connectivity index (χ0n) is 18.2. The molecule has 3 aliphatic rings. The Kier molecular flexibility index (Phi) is 6.46. The van der Waals surface area contributed by atoms with Crippen molar-refractivity contribution in [2.24, 2.45) is 0 Å². The van der Waals surface area contributed by atoms with Crippen molar-refractivity contribution < 1.29 is 23.7 Å². The smallest absolute Gasteiger partial charge is 0.412 e. The lowest BCUT2D eigenvalue weighted by Crippen LogP contribution is -2.62. The molecule has 1 aromatic heterocycles. The van der Waals surface area contributed by atoms with E-state index in [1.165, 1.54) is 5.56 Å². The molecule has 4 rings (SSSR count). The maximum Gasteiger partial charge on any atom is 0.412 e. The molecule has 0 aliphatic carbocycles. The van der Waals surface area contributed by atoms with E-state index in [2.05, 4.69) is 16.0 Å². The molecule has 0 aromatic carbocycles. The molecule has 0 N–H and O–H groups in total. The fourth-order valence-corrected chi connectivity index (χ4v) is 4.33. The SMILES string of the molecule is CC(C)(C)OC(=O)N1CCN2c3ncccc3CC2C1OCCOC1CCCCO1. The van der Waals surface area contributed by atoms with Crippen molar-refractivity contribution in [2.45, 2.75) is 70.6 Å². The number of piperazine rings is 1. The molecule has 0 saturated carbocycles. The first kappa shape index (κ1) is 21.3. The van der Waals surface area contributed by atoms with Crippen LogP contribution in [-0.4, -0.2) is 73.0 Å². The minimum atomic E-state index is -0.555. The number of hydrogen-bond donors (Lipinski definition) is 0. The van der Waals surface area contributed by atoms with E-state index < -0.39 is 11.8 Å². The molecule has 3 atom stereocenters. The Morgan fingerprint density at radius 3 is 2.83 bits per heavy atom. The number of amides is 1. The van der Waals surface area contributed by atoms with Crippen LogP contribution in [0.2, 0.25) is 0 Å². The number of carbonyl (C=O) groups is 1. The van der Waals surface area contributed by atoms with E-state index in [1.54, 1.807) is 4.90 Å². The van der Waals surface area contributed by atoms with Crippen LogP contribution in [0.4, 0.5) is 10.6 Å². The molecule has 1 amide bonds. The summed E-state index contributed by atoms with van der Waals surface area (Å²) in [5.74, 6) is 0.992. The van der Waals surface area contributed by atoms with Crippen molar-refractivity contribution in [1.82, 2.24) is 9.88 Å². The number of pyridine rings is 1. The van der Waals surface area contributed by atoms with E-state index >= 15 is 0 Å². The fourth-order valence-electron chi connectivity index (χ4n) is 4.33. The predicted molar refractivity (Wildman–Crippen MR) is 111 cm³/mol. The average Bonchev–Trinajstić information content (AvgIpc) is 3.09. The highest BCUT2D eigenvalue weighted by Crippen LogP contribution is 2.35. The van der Waals surface area contributed by atoms with Crippen LogP contribution < -0.4 is 4.90 Å². The third-order valence-corrected chi connectivity index (χ3v) is 5.63. The van der Waals surface area contributed by atoms with Crippen LogP contribution >= 0.6 is 0 Å². The van der Waals surface area contributed by atoms with Gasteiger partial charge >= 0.3 is 6.09 Å². The molecule has 4 heterocycles. The summed E-state index contributed by atoms with van der Waals surface area (Å²) < 4.78 is 23.3. The summed E-state index contributed by atoms with van der Waals surface area (Å²) in [6.45, 7) is 8.44. The number of hydrogen-bond acceptors (Lipinski definition) is 7. The second kappa shape index (κ2) is 9.08. The largest absolute Gasteiger partial charge is 0.444 e. The Morgan fingerprint density at radius 1 is 1.23 bits per heavy atom. The van der Waals surface area contributed by atoms with Gasteiger partial charge < -0.3 is 23.8 Å². The van der Waals surface area contributed by atoms with Gasteiger partial charge in [-0.1, -0.05) is 6.07 Å². The van der Waals surface area contributed by atoms with Gasteiger partial charge in [-0.25, -0.2) is 9.78 Å². The quantitative estimate of drug-likeness (QED) is 0.680. The minimum absolute atomic E-state index is 0.0158. The zero-order valence-corrected chi connectivity index (χ0v) is 18.2. The predicted octanol–water partition coefficient (Wildman–Crippen LogP) is 2.95. The Labute approximate surface area is 178 Å². The lowest BCUT2D eigenvalue weighted by Gasteiger charge is -2.44. The average molecular weight is 420 g/mol. The standard InChI is InChI=1S/C22H33N3O5/c1-22(2,3)30-21(26)25-11-10-24-17(15-16-7-6-9-23-19(16)24)20(25)29-14-13-28-18-8-4-5-12-27-18/h6-7,9,17-18,20H,4-5,8,10-15H2,1-3H3. The molecule has 1 aromatic rings. The summed E-state index contributed by atoms with van der Waals surface area (Å²) in [7, 11) is 0. The van der Waals surface area contributed by atoms with Gasteiger partial charge in [-0.2, -0.15) is 0 Å². The van der Waals surface area contributed by atoms with Gasteiger partial charge in [-0.05, 0) is 51.7 Å². The van der Waals surface area contributed by atoms with Crippen LogP contribution in [0.15, 0.2) is 18.3 Å². The lowest BCUT2D eigenvalue weighted by molar-refractivity contribution is -0.178. The van der Waals surface area contributed by atoms with Gasteiger partial charge in [0.1, 0.15) is 11.4 Å². The molecule has 2 saturated heterocycles. The monoisotopic (exact) mass is 419 g/mol. The topological polar surface area (TPSA) is 73.4 Å². The zero-order chi connectivity index (χ0) is 21.1. The number of rotatable bonds is 5. The molecule has 0 spiro atoms. The van der Waals surface area contributed by atoms with Crippen LogP contribution in [0, 0.1) is 0 Å². The molecule has 8 heteroatoms. The number of anilines is 1. The van der Waals surface area contributed by atoms with E-state index in [0.29, 0.717) is 26.3 Å². The number of nitrogens with zero attached hydrogens (tertiary/aromatic N) is 3. The van der Waals surface area contributed by atoms with Crippen molar-refractivity contribution in [3.63, 3.8) is 0 Å². The Bertz CT molecular complexity index is 732. The second-order valence-corrected chi connectivity index (χ2v) is 9.05. The van der Waals surface area contributed by atoms with Gasteiger partial charge in [-0.3, -0.25) is 4.90 Å². The third kappa shape index (κ3) is 4.87. The summed E-state index contributed by atoms with van der Waals surface area (Å²) in [6.07, 6.45) is 4.84. The van der Waals surface area contributed by atoms with Crippen molar-refractivity contribution in [3.05, 3.63) is 23.9 Å². The molecular formula is C22H33N3O5. The Hall–Kier alpha value is -1.90. The fraction of sp³-hybridized carbons (Fsp3) is 0.727. The van der Waals surface area contributed by atoms with Crippen LogP contribution in [0.5, 0.6) is 0 Å². The molecule has 30 heavy (non-hydrogen) atoms. The van der Waals surface area contributed by atoms with Gasteiger partial charge in [0, 0.05) is 32.3 Å². The number of fused-ring (bicyclic) bond motifs is 3. The second-order valence-electron chi connectivity index (χ2n) is 9.05. The number of carbonyl (C=O) groups excluding carboxylic acids is 1. The first-order valence-electron chi connectivity index (χ1n) is 11.0. The first-order valence-corrected chi connectivity index (χ1v) is 11.0. The van der Waals surface area contributed by atoms with Gasteiger partial charge in [-0.15, -0.1) is 0 Å². The maximum atomic E-state index is 12.9. The van der Waals surface area contributed by atoms with Gasteiger partial charge in [0.2, 0.25) is 0 Å². The minimum Gasteiger partial charge on any atom is -0.444 e. The summed E-state index contributed by atoms with van der Waals surface area (Å²) in [5, 5.41) is 0. The maximum absolute atomic E-state index is 12.9. The van der Waals surface area contributed by atoms with E-state index in [0.717, 1.165) is 38.1 Å². The lowest BCUT2D eigenvalue weighted by atomic mass is 10.1. The van der Waals surface area contributed by atoms with Crippen molar-refractivity contribution in [2.75, 3.05) is 37.8 Å². The number of aromatic nitrogens is 1. The van der Waals surface area contributed by atoms with Crippen LogP contribution in [-0.2, 0) is 25.4 Å². The molecule has 8 nitrogen and oxygen atoms in total. The molecule has 2 fully saturated rings. The van der Waals surface area contributed by atoms with Crippen LogP contribution in [0.25, 0.3) is 0 Å². The van der Waals surface area contributed by atoms with Crippen molar-refractivity contribution in [1.29, 1.82) is 0 Å². The normalized spacial score (nSPS) is 26.3. The molecule has 3 aliphatic heterocycles. The Morgan fingerprint density at radius 2 is 2.07 bits per heavy atom. The van der Waals surface area contributed by atoms with E-state index in [-0.39, 0.29) is 18.4 Å². The summed E-state index contributed by atoms with van der Waals surface area (Å²) in [6, 6.07) is 4.07. The van der Waals surface area contributed by atoms with E-state index in [4.69, 9.17) is 18.9 Å². The van der Waals surface area contributed by atoms with Crippen LogP contribution in [0.1, 0.15) is 45.6 Å². The third-order valence-electron chi connectivity index (χ3n) is 5.63. The summed E-state index contributed by atoms with van der Waals surface area (Å²) >= 11 is 0. The van der Waals surface area contributed by atoms with E-state index in [9.17, 15) is 4.79 Å². The van der Waals surface area contributed by atoms with Gasteiger partial charge in [0.25, 0.3) is 0 Å². The van der Waals surface area contributed by atoms with E-state index in [1.807, 2.05) is 33.0 Å². The molecule has 0 radical (unpaired) electrons. The summed E-state index contributed by atoms with van der Waals surface area (Å²) in [5.41, 5.74) is 0.634. The van der Waals surface area contributed by atoms with Gasteiger partial charge in [0.05, 0.1) is 19.3 Å². The highest BCUT2D eigenvalue weighted by Gasteiger charge is 2.45. The molecule has 166 valence electrons. The highest BCUT2D eigenvalue weighted by molar-refractivity contribution is 5.69. The Balaban J connectivity index is 1.42. The summed E-state index contributed by atoms with van der Waals surface area (Å²) in [4.78, 5) is 21.4. The highest BCUT2D eigenvalue weighted by atomic mass is 16.7. The number of ether oxygens (including phenoxy) is 4. The van der Waals surface area contributed by atoms with Crippen LogP contribution in [0.3, 0.4) is 0 Å². The van der Waals surface area contributed by atoms with Crippen molar-refractivity contribution >= 4 is 11.9 Å².